The van der Waals surface area contributed by atoms with Crippen LogP contribution in [0.2, 0.25) is 0 Å². The molecule has 1 aliphatic carbocycles. The molecule has 1 saturated carbocycles. The van der Waals surface area contributed by atoms with E-state index < -0.39 is 0 Å². The third-order valence-electron chi connectivity index (χ3n) is 3.08. The van der Waals surface area contributed by atoms with Crippen molar-refractivity contribution in [2.45, 2.75) is 25.3 Å². The molecule has 2 rings (SSSR count). The SMILES string of the molecule is COc1cc([C@@H](N)CC2CC2)c(Br)c(Br)c1O. The summed E-state index contributed by atoms with van der Waals surface area (Å²) in [4.78, 5) is 0. The highest BCUT2D eigenvalue weighted by Gasteiger charge is 2.27. The molecule has 3 N–H and O–H groups in total. The standard InChI is InChI=1S/C12H15Br2NO2/c1-17-9-5-7(8(15)4-6-2-3-6)10(13)11(14)12(9)16/h5-6,8,16H,2-4,15H2,1H3/t8-/m0/s1. The summed E-state index contributed by atoms with van der Waals surface area (Å²) in [5, 5.41) is 9.84. The van der Waals surface area contributed by atoms with Crippen LogP contribution < -0.4 is 10.5 Å². The molecule has 0 unspecified atom stereocenters. The van der Waals surface area contributed by atoms with Gasteiger partial charge in [-0.05, 0) is 55.8 Å². The molecule has 1 atom stereocenters. The summed E-state index contributed by atoms with van der Waals surface area (Å²) in [5.41, 5.74) is 7.16. The highest BCUT2D eigenvalue weighted by molar-refractivity contribution is 9.13. The average molecular weight is 365 g/mol. The van der Waals surface area contributed by atoms with Crippen LogP contribution in [0, 0.1) is 5.92 Å². The molecule has 94 valence electrons. The smallest absolute Gasteiger partial charge is 0.173 e. The zero-order valence-corrected chi connectivity index (χ0v) is 12.7. The van der Waals surface area contributed by atoms with Crippen LogP contribution >= 0.6 is 31.9 Å². The van der Waals surface area contributed by atoms with Gasteiger partial charge in [-0.2, -0.15) is 0 Å². The molecule has 3 nitrogen and oxygen atoms in total. The van der Waals surface area contributed by atoms with Gasteiger partial charge in [0.25, 0.3) is 0 Å². The fourth-order valence-corrected chi connectivity index (χ4v) is 2.90. The third-order valence-corrected chi connectivity index (χ3v) is 5.24. The molecule has 0 amide bonds. The van der Waals surface area contributed by atoms with Crippen molar-refractivity contribution in [3.63, 3.8) is 0 Å². The summed E-state index contributed by atoms with van der Waals surface area (Å²) in [6, 6.07) is 1.78. The first-order chi connectivity index (χ1) is 8.04. The number of rotatable bonds is 4. The number of aromatic hydroxyl groups is 1. The van der Waals surface area contributed by atoms with Gasteiger partial charge in [0.1, 0.15) is 0 Å². The van der Waals surface area contributed by atoms with Gasteiger partial charge >= 0.3 is 0 Å². The Kier molecular flexibility index (Phi) is 4.00. The second kappa shape index (κ2) is 5.16. The summed E-state index contributed by atoms with van der Waals surface area (Å²) in [5.74, 6) is 1.30. The topological polar surface area (TPSA) is 55.5 Å². The Hall–Kier alpha value is -0.260. The lowest BCUT2D eigenvalue weighted by Gasteiger charge is -2.17. The zero-order valence-electron chi connectivity index (χ0n) is 9.54. The summed E-state index contributed by atoms with van der Waals surface area (Å²) < 4.78 is 6.54. The highest BCUT2D eigenvalue weighted by Crippen LogP contribution is 2.45. The lowest BCUT2D eigenvalue weighted by molar-refractivity contribution is 0.370. The van der Waals surface area contributed by atoms with Gasteiger partial charge in [0.05, 0.1) is 11.6 Å². The Balaban J connectivity index is 2.34. The molecule has 1 fully saturated rings. The highest BCUT2D eigenvalue weighted by atomic mass is 79.9. The Bertz CT molecular complexity index is 433. The fourth-order valence-electron chi connectivity index (χ4n) is 1.88. The van der Waals surface area contributed by atoms with Gasteiger partial charge in [-0.3, -0.25) is 0 Å². The first-order valence-corrected chi connectivity index (χ1v) is 7.13. The molecule has 1 aromatic rings. The van der Waals surface area contributed by atoms with Crippen molar-refractivity contribution >= 4 is 31.9 Å². The van der Waals surface area contributed by atoms with Crippen molar-refractivity contribution in [2.24, 2.45) is 11.7 Å². The van der Waals surface area contributed by atoms with Crippen LogP contribution in [-0.4, -0.2) is 12.2 Å². The van der Waals surface area contributed by atoms with Crippen molar-refractivity contribution in [3.05, 3.63) is 20.6 Å². The number of hydrogen-bond acceptors (Lipinski definition) is 3. The van der Waals surface area contributed by atoms with Gasteiger partial charge in [-0.15, -0.1) is 0 Å². The van der Waals surface area contributed by atoms with E-state index in [0.717, 1.165) is 22.4 Å². The van der Waals surface area contributed by atoms with Crippen LogP contribution in [0.4, 0.5) is 0 Å². The molecule has 0 aliphatic heterocycles. The van der Waals surface area contributed by atoms with Crippen LogP contribution in [0.5, 0.6) is 11.5 Å². The van der Waals surface area contributed by atoms with E-state index in [1.165, 1.54) is 20.0 Å². The lowest BCUT2D eigenvalue weighted by atomic mass is 10.0. The number of halogens is 2. The molecule has 17 heavy (non-hydrogen) atoms. The lowest BCUT2D eigenvalue weighted by Crippen LogP contribution is -2.12. The second-order valence-electron chi connectivity index (χ2n) is 4.43. The van der Waals surface area contributed by atoms with Gasteiger partial charge < -0.3 is 15.6 Å². The van der Waals surface area contributed by atoms with E-state index in [0.29, 0.717) is 10.2 Å². The van der Waals surface area contributed by atoms with E-state index in [1.54, 1.807) is 6.07 Å². The Morgan fingerprint density at radius 2 is 2.12 bits per heavy atom. The molecule has 1 aromatic carbocycles. The molecular formula is C12H15Br2NO2. The molecular weight excluding hydrogens is 350 g/mol. The summed E-state index contributed by atoms with van der Waals surface area (Å²) >= 11 is 6.80. The van der Waals surface area contributed by atoms with E-state index in [1.807, 2.05) is 0 Å². The van der Waals surface area contributed by atoms with Crippen molar-refractivity contribution in [2.75, 3.05) is 7.11 Å². The van der Waals surface area contributed by atoms with Crippen molar-refractivity contribution in [3.8, 4) is 11.5 Å². The van der Waals surface area contributed by atoms with Crippen LogP contribution in [0.1, 0.15) is 30.9 Å². The fraction of sp³-hybridized carbons (Fsp3) is 0.500. The molecule has 0 aromatic heterocycles. The monoisotopic (exact) mass is 363 g/mol. The normalized spacial score (nSPS) is 16.9. The van der Waals surface area contributed by atoms with Crippen LogP contribution in [0.15, 0.2) is 15.0 Å². The third kappa shape index (κ3) is 2.77. The van der Waals surface area contributed by atoms with E-state index in [9.17, 15) is 5.11 Å². The van der Waals surface area contributed by atoms with E-state index in [2.05, 4.69) is 31.9 Å². The van der Waals surface area contributed by atoms with Crippen LogP contribution in [0.3, 0.4) is 0 Å². The van der Waals surface area contributed by atoms with Gasteiger partial charge in [0.15, 0.2) is 11.5 Å². The minimum absolute atomic E-state index is 0.0253. The second-order valence-corrected chi connectivity index (χ2v) is 6.02. The summed E-state index contributed by atoms with van der Waals surface area (Å²) in [6.45, 7) is 0. The zero-order chi connectivity index (χ0) is 12.6. The minimum atomic E-state index is -0.0253. The molecule has 5 heteroatoms. The average Bonchev–Trinajstić information content (AvgIpc) is 3.10. The van der Waals surface area contributed by atoms with Crippen LogP contribution in [-0.2, 0) is 0 Å². The maximum Gasteiger partial charge on any atom is 0.173 e. The number of phenols is 1. The molecule has 0 spiro atoms. The maximum atomic E-state index is 9.84. The minimum Gasteiger partial charge on any atom is -0.503 e. The molecule has 1 aliphatic rings. The Labute approximate surface area is 118 Å². The van der Waals surface area contributed by atoms with Gasteiger partial charge in [0.2, 0.25) is 0 Å². The van der Waals surface area contributed by atoms with E-state index in [-0.39, 0.29) is 11.8 Å². The summed E-state index contributed by atoms with van der Waals surface area (Å²) in [6.07, 6.45) is 3.54. The van der Waals surface area contributed by atoms with Crippen molar-refractivity contribution in [1.29, 1.82) is 0 Å². The Morgan fingerprint density at radius 1 is 1.47 bits per heavy atom. The predicted molar refractivity (Wildman–Crippen MR) is 74.3 cm³/mol. The first-order valence-electron chi connectivity index (χ1n) is 5.55. The number of benzene rings is 1. The molecule has 0 saturated heterocycles. The van der Waals surface area contributed by atoms with Crippen molar-refractivity contribution < 1.29 is 9.84 Å². The van der Waals surface area contributed by atoms with Crippen molar-refractivity contribution in [1.82, 2.24) is 0 Å². The van der Waals surface area contributed by atoms with Gasteiger partial charge in [-0.1, -0.05) is 12.8 Å². The van der Waals surface area contributed by atoms with Crippen LogP contribution in [0.25, 0.3) is 0 Å². The quantitative estimate of drug-likeness (QED) is 0.855. The van der Waals surface area contributed by atoms with E-state index >= 15 is 0 Å². The number of ether oxygens (including phenoxy) is 1. The number of methoxy groups -OCH3 is 1. The number of hydrogen-bond donors (Lipinski definition) is 2. The molecule has 0 bridgehead atoms. The van der Waals surface area contributed by atoms with Gasteiger partial charge in [0, 0.05) is 10.5 Å². The number of nitrogens with two attached hydrogens (primary N) is 1. The summed E-state index contributed by atoms with van der Waals surface area (Å²) in [7, 11) is 1.53. The Morgan fingerprint density at radius 3 is 2.65 bits per heavy atom. The predicted octanol–water partition coefficient (Wildman–Crippen LogP) is 3.73. The van der Waals surface area contributed by atoms with E-state index in [4.69, 9.17) is 10.5 Å². The number of phenolic OH excluding ortho intramolecular Hbond substituents is 1. The maximum absolute atomic E-state index is 9.84. The first kappa shape index (κ1) is 13.2. The molecule has 0 heterocycles. The molecule has 0 radical (unpaired) electrons. The van der Waals surface area contributed by atoms with Gasteiger partial charge in [-0.25, -0.2) is 0 Å². The largest absolute Gasteiger partial charge is 0.503 e.